The maximum absolute atomic E-state index is 13.0. The first-order valence-electron chi connectivity index (χ1n) is 9.52. The third-order valence-electron chi connectivity index (χ3n) is 4.80. The number of anilines is 1. The van der Waals surface area contributed by atoms with Crippen molar-refractivity contribution in [3.63, 3.8) is 0 Å². The molecule has 3 aromatic rings. The Hall–Kier alpha value is -2.42. The summed E-state index contributed by atoms with van der Waals surface area (Å²) in [4.78, 5) is 0.183. The van der Waals surface area contributed by atoms with Crippen LogP contribution in [0.1, 0.15) is 37.7 Å². The summed E-state index contributed by atoms with van der Waals surface area (Å²) in [6.07, 6.45) is 0. The van der Waals surface area contributed by atoms with Crippen LogP contribution in [-0.2, 0) is 22.0 Å². The van der Waals surface area contributed by atoms with Crippen LogP contribution < -0.4 is 10.0 Å². The van der Waals surface area contributed by atoms with Crippen molar-refractivity contribution in [2.45, 2.75) is 44.6 Å². The highest BCUT2D eigenvalue weighted by Gasteiger charge is 2.21. The normalized spacial score (nSPS) is 12.2. The number of hydrogen-bond donors (Lipinski definition) is 2. The Bertz CT molecular complexity index is 1150. The average molecular weight is 448 g/mol. The molecule has 0 amide bonds. The van der Waals surface area contributed by atoms with Crippen molar-refractivity contribution in [3.05, 3.63) is 64.4 Å². The molecule has 0 aliphatic heterocycles. The van der Waals surface area contributed by atoms with Crippen LogP contribution in [0, 0.1) is 6.92 Å². The van der Waals surface area contributed by atoms with Crippen molar-refractivity contribution < 1.29 is 8.42 Å². The second kappa shape index (κ2) is 8.37. The van der Waals surface area contributed by atoms with E-state index >= 15 is 0 Å². The molecule has 0 unspecified atom stereocenters. The number of benzene rings is 2. The van der Waals surface area contributed by atoms with E-state index < -0.39 is 10.0 Å². The van der Waals surface area contributed by atoms with Crippen LogP contribution in [-0.4, -0.2) is 30.5 Å². The van der Waals surface area contributed by atoms with Gasteiger partial charge in [-0.25, -0.2) is 13.1 Å². The largest absolute Gasteiger partial charge is 0.314 e. The molecule has 3 rings (SSSR count). The maximum atomic E-state index is 13.0. The molecule has 0 spiro atoms. The van der Waals surface area contributed by atoms with Gasteiger partial charge in [-0.3, -0.25) is 4.72 Å². The Morgan fingerprint density at radius 3 is 2.37 bits per heavy atom. The molecule has 1 aromatic heterocycles. The van der Waals surface area contributed by atoms with Crippen molar-refractivity contribution >= 4 is 27.3 Å². The van der Waals surface area contributed by atoms with Gasteiger partial charge in [-0.15, -0.1) is 5.10 Å². The van der Waals surface area contributed by atoms with Crippen LogP contribution in [0.3, 0.4) is 0 Å². The molecule has 0 radical (unpaired) electrons. The molecule has 0 bridgehead atoms. The summed E-state index contributed by atoms with van der Waals surface area (Å²) in [5.74, 6) is 0. The molecule has 0 fully saturated rings. The molecule has 9 heteroatoms. The zero-order chi connectivity index (χ0) is 22.1. The van der Waals surface area contributed by atoms with Crippen LogP contribution in [0.15, 0.2) is 47.4 Å². The zero-order valence-corrected chi connectivity index (χ0v) is 19.3. The van der Waals surface area contributed by atoms with E-state index in [2.05, 4.69) is 41.1 Å². The third kappa shape index (κ3) is 4.66. The fourth-order valence-electron chi connectivity index (χ4n) is 3.02. The Morgan fingerprint density at radius 2 is 1.77 bits per heavy atom. The van der Waals surface area contributed by atoms with Gasteiger partial charge in [0.2, 0.25) is 0 Å². The monoisotopic (exact) mass is 447 g/mol. The molecule has 160 valence electrons. The number of nitrogens with one attached hydrogen (secondary N) is 2. The molecule has 2 N–H and O–H groups in total. The topological polar surface area (TPSA) is 88.9 Å². The maximum Gasteiger partial charge on any atom is 0.261 e. The van der Waals surface area contributed by atoms with E-state index in [0.717, 1.165) is 17.0 Å². The van der Waals surface area contributed by atoms with Gasteiger partial charge < -0.3 is 5.32 Å². The summed E-state index contributed by atoms with van der Waals surface area (Å²) in [7, 11) is -1.98. The van der Waals surface area contributed by atoms with Gasteiger partial charge in [-0.1, -0.05) is 49.7 Å². The smallest absolute Gasteiger partial charge is 0.261 e. The van der Waals surface area contributed by atoms with Crippen molar-refractivity contribution in [3.8, 4) is 5.69 Å². The number of aromatic nitrogens is 3. The minimum atomic E-state index is -3.80. The second-order valence-corrected chi connectivity index (χ2v) is 10.2. The molecule has 0 aliphatic carbocycles. The Labute approximate surface area is 182 Å². The highest BCUT2D eigenvalue weighted by Crippen LogP contribution is 2.29. The summed E-state index contributed by atoms with van der Waals surface area (Å²) in [5, 5.41) is 11.9. The quantitative estimate of drug-likeness (QED) is 0.595. The van der Waals surface area contributed by atoms with Crippen molar-refractivity contribution in [2.75, 3.05) is 11.8 Å². The number of hydrogen-bond acceptors (Lipinski definition) is 5. The van der Waals surface area contributed by atoms with Gasteiger partial charge in [-0.2, -0.15) is 0 Å². The summed E-state index contributed by atoms with van der Waals surface area (Å²) < 4.78 is 30.3. The van der Waals surface area contributed by atoms with E-state index in [1.54, 1.807) is 35.0 Å². The predicted molar refractivity (Wildman–Crippen MR) is 120 cm³/mol. The van der Waals surface area contributed by atoms with E-state index in [9.17, 15) is 8.42 Å². The van der Waals surface area contributed by atoms with E-state index in [4.69, 9.17) is 11.6 Å². The lowest BCUT2D eigenvalue weighted by atomic mass is 9.87. The first-order chi connectivity index (χ1) is 14.0. The van der Waals surface area contributed by atoms with Gasteiger partial charge in [-0.05, 0) is 55.3 Å². The summed E-state index contributed by atoms with van der Waals surface area (Å²) >= 11 is 6.18. The first kappa shape index (κ1) is 22.3. The molecule has 2 aromatic carbocycles. The Morgan fingerprint density at radius 1 is 1.10 bits per heavy atom. The van der Waals surface area contributed by atoms with Crippen LogP contribution in [0.5, 0.6) is 0 Å². The number of halogens is 1. The van der Waals surface area contributed by atoms with Crippen LogP contribution in [0.4, 0.5) is 5.69 Å². The van der Waals surface area contributed by atoms with Crippen molar-refractivity contribution in [2.24, 2.45) is 0 Å². The molecule has 0 atom stereocenters. The second-order valence-electron chi connectivity index (χ2n) is 8.11. The lowest BCUT2D eigenvalue weighted by Gasteiger charge is -2.19. The van der Waals surface area contributed by atoms with Gasteiger partial charge in [0.1, 0.15) is 0 Å². The van der Waals surface area contributed by atoms with E-state index in [1.165, 1.54) is 0 Å². The standard InChI is InChI=1S/C21H26ClN5O2S/c1-14-19(13-23-5)24-26-27(14)20-12-16(22)8-11-18(20)25-30(28,29)17-9-6-15(7-10-17)21(2,3)4/h6-12,23,25H,13H2,1-5H3. The van der Waals surface area contributed by atoms with Crippen LogP contribution in [0.25, 0.3) is 5.69 Å². The zero-order valence-electron chi connectivity index (χ0n) is 17.7. The Balaban J connectivity index is 1.99. The van der Waals surface area contributed by atoms with Gasteiger partial charge in [0, 0.05) is 11.6 Å². The number of nitrogens with zero attached hydrogens (tertiary/aromatic N) is 3. The highest BCUT2D eigenvalue weighted by atomic mass is 35.5. The lowest BCUT2D eigenvalue weighted by Crippen LogP contribution is -2.16. The van der Waals surface area contributed by atoms with Gasteiger partial charge >= 0.3 is 0 Å². The van der Waals surface area contributed by atoms with Crippen LogP contribution in [0.2, 0.25) is 5.02 Å². The molecule has 7 nitrogen and oxygen atoms in total. The van der Waals surface area contributed by atoms with Gasteiger partial charge in [0.05, 0.1) is 27.7 Å². The molecule has 0 aliphatic rings. The van der Waals surface area contributed by atoms with E-state index in [0.29, 0.717) is 22.9 Å². The highest BCUT2D eigenvalue weighted by molar-refractivity contribution is 7.92. The summed E-state index contributed by atoms with van der Waals surface area (Å²) in [6, 6.07) is 11.8. The molecular formula is C21H26ClN5O2S. The molecule has 30 heavy (non-hydrogen) atoms. The van der Waals surface area contributed by atoms with E-state index in [-0.39, 0.29) is 10.3 Å². The molecular weight excluding hydrogens is 422 g/mol. The average Bonchev–Trinajstić information content (AvgIpc) is 3.03. The number of sulfonamides is 1. The predicted octanol–water partition coefficient (Wildman–Crippen LogP) is 4.05. The first-order valence-corrected chi connectivity index (χ1v) is 11.4. The fraction of sp³-hybridized carbons (Fsp3) is 0.333. The van der Waals surface area contributed by atoms with Gasteiger partial charge in [0.15, 0.2) is 0 Å². The SMILES string of the molecule is CNCc1nnn(-c2cc(Cl)ccc2NS(=O)(=O)c2ccc(C(C)(C)C)cc2)c1C. The Kier molecular flexibility index (Phi) is 6.21. The lowest BCUT2D eigenvalue weighted by molar-refractivity contribution is 0.587. The summed E-state index contributed by atoms with van der Waals surface area (Å²) in [6.45, 7) is 8.66. The van der Waals surface area contributed by atoms with Crippen LogP contribution >= 0.6 is 11.6 Å². The fourth-order valence-corrected chi connectivity index (χ4v) is 4.26. The third-order valence-corrected chi connectivity index (χ3v) is 6.41. The van der Waals surface area contributed by atoms with Crippen molar-refractivity contribution in [1.29, 1.82) is 0 Å². The minimum absolute atomic E-state index is 0.0608. The van der Waals surface area contributed by atoms with Crippen molar-refractivity contribution in [1.82, 2.24) is 20.3 Å². The van der Waals surface area contributed by atoms with E-state index in [1.807, 2.05) is 26.1 Å². The molecule has 0 saturated heterocycles. The minimum Gasteiger partial charge on any atom is -0.314 e. The molecule has 0 saturated carbocycles. The molecule has 1 heterocycles. The van der Waals surface area contributed by atoms with Gasteiger partial charge in [0.25, 0.3) is 10.0 Å². The summed E-state index contributed by atoms with van der Waals surface area (Å²) in [5.41, 5.74) is 3.43. The number of rotatable bonds is 6.